The van der Waals surface area contributed by atoms with Gasteiger partial charge in [-0.15, -0.1) is 0 Å². The summed E-state index contributed by atoms with van der Waals surface area (Å²) in [5.41, 5.74) is 5.04. The number of carbonyl (C=O) groups is 1. The number of amides is 1. The summed E-state index contributed by atoms with van der Waals surface area (Å²) in [6, 6.07) is -0.00525. The number of carbonyl (C=O) groups excluding carboxylic acids is 1. The Kier molecular flexibility index (Phi) is 4.04. The van der Waals surface area contributed by atoms with Crippen molar-refractivity contribution in [2.45, 2.75) is 32.2 Å². The van der Waals surface area contributed by atoms with Crippen LogP contribution in [0.2, 0.25) is 0 Å². The Labute approximate surface area is 95.5 Å². The molecule has 1 amide bonds. The molecule has 0 aromatic carbocycles. The van der Waals surface area contributed by atoms with E-state index in [0.29, 0.717) is 11.6 Å². The van der Waals surface area contributed by atoms with E-state index in [1.807, 2.05) is 6.92 Å². The predicted octanol–water partition coefficient (Wildman–Crippen LogP) is 0.594. The highest BCUT2D eigenvalue weighted by Gasteiger charge is 2.47. The van der Waals surface area contributed by atoms with E-state index in [4.69, 9.17) is 22.7 Å². The molecular weight excluding hydrogens is 212 g/mol. The van der Waals surface area contributed by atoms with Gasteiger partial charge < -0.3 is 15.8 Å². The molecule has 1 saturated carbocycles. The van der Waals surface area contributed by atoms with Crippen molar-refractivity contribution in [1.29, 1.82) is 0 Å². The molecule has 1 atom stereocenters. The molecular formula is C10H18N2O2S. The van der Waals surface area contributed by atoms with Crippen molar-refractivity contribution >= 4 is 23.1 Å². The maximum Gasteiger partial charge on any atom is 0.233 e. The van der Waals surface area contributed by atoms with E-state index < -0.39 is 5.41 Å². The second-order valence-electron chi connectivity index (χ2n) is 4.13. The number of nitrogens with one attached hydrogen (secondary N) is 1. The number of methoxy groups -OCH3 is 1. The molecule has 15 heavy (non-hydrogen) atoms. The standard InChI is InChI=1S/C10H18N2O2S/c1-7(6-14-2)12-9(13)10(8(11)15)4-3-5-10/h7H,3-6H2,1-2H3,(H2,11,15)(H,12,13). The van der Waals surface area contributed by atoms with Crippen LogP contribution in [0.15, 0.2) is 0 Å². The summed E-state index contributed by atoms with van der Waals surface area (Å²) in [4.78, 5) is 12.3. The number of rotatable bonds is 5. The molecule has 4 nitrogen and oxygen atoms in total. The van der Waals surface area contributed by atoms with Crippen molar-refractivity contribution in [3.05, 3.63) is 0 Å². The molecule has 0 bridgehead atoms. The lowest BCUT2D eigenvalue weighted by Gasteiger charge is -2.39. The summed E-state index contributed by atoms with van der Waals surface area (Å²) < 4.78 is 4.95. The molecule has 3 N–H and O–H groups in total. The highest BCUT2D eigenvalue weighted by atomic mass is 32.1. The van der Waals surface area contributed by atoms with Crippen molar-refractivity contribution in [3.63, 3.8) is 0 Å². The molecule has 0 aliphatic heterocycles. The van der Waals surface area contributed by atoms with Crippen molar-refractivity contribution in [3.8, 4) is 0 Å². The van der Waals surface area contributed by atoms with Crippen molar-refractivity contribution < 1.29 is 9.53 Å². The third-order valence-electron chi connectivity index (χ3n) is 2.91. The molecule has 0 heterocycles. The van der Waals surface area contributed by atoms with E-state index in [2.05, 4.69) is 5.32 Å². The third kappa shape index (κ3) is 2.46. The zero-order chi connectivity index (χ0) is 11.5. The first-order valence-corrected chi connectivity index (χ1v) is 5.53. The Morgan fingerprint density at radius 1 is 1.67 bits per heavy atom. The largest absolute Gasteiger partial charge is 0.392 e. The molecule has 0 radical (unpaired) electrons. The number of ether oxygens (including phenoxy) is 1. The average molecular weight is 230 g/mol. The molecule has 0 spiro atoms. The molecule has 1 aliphatic carbocycles. The average Bonchev–Trinajstić information content (AvgIpc) is 2.00. The van der Waals surface area contributed by atoms with Crippen LogP contribution in [0, 0.1) is 5.41 Å². The van der Waals surface area contributed by atoms with Crippen LogP contribution in [0.4, 0.5) is 0 Å². The summed E-state index contributed by atoms with van der Waals surface area (Å²) >= 11 is 4.96. The molecule has 1 fully saturated rings. The minimum atomic E-state index is -0.586. The summed E-state index contributed by atoms with van der Waals surface area (Å²) in [7, 11) is 1.61. The van der Waals surface area contributed by atoms with Crippen molar-refractivity contribution in [1.82, 2.24) is 5.32 Å². The molecule has 86 valence electrons. The lowest BCUT2D eigenvalue weighted by molar-refractivity contribution is -0.131. The maximum absolute atomic E-state index is 11.9. The lowest BCUT2D eigenvalue weighted by atomic mass is 9.68. The van der Waals surface area contributed by atoms with E-state index in [1.165, 1.54) is 0 Å². The number of hydrogen-bond donors (Lipinski definition) is 2. The van der Waals surface area contributed by atoms with Crippen LogP contribution in [-0.4, -0.2) is 30.7 Å². The van der Waals surface area contributed by atoms with E-state index >= 15 is 0 Å². The Balaban J connectivity index is 2.55. The fraction of sp³-hybridized carbons (Fsp3) is 0.800. The van der Waals surface area contributed by atoms with Crippen LogP contribution in [0.25, 0.3) is 0 Å². The monoisotopic (exact) mass is 230 g/mol. The summed E-state index contributed by atoms with van der Waals surface area (Å²) in [5, 5.41) is 2.87. The van der Waals surface area contributed by atoms with Gasteiger partial charge in [0.05, 0.1) is 17.0 Å². The third-order valence-corrected chi connectivity index (χ3v) is 3.30. The first-order chi connectivity index (χ1) is 7.03. The zero-order valence-corrected chi connectivity index (χ0v) is 10.0. The first-order valence-electron chi connectivity index (χ1n) is 5.13. The van der Waals surface area contributed by atoms with Gasteiger partial charge in [0, 0.05) is 13.2 Å². The SMILES string of the molecule is COCC(C)NC(=O)C1(C(N)=S)CCC1. The van der Waals surface area contributed by atoms with Crippen LogP contribution in [-0.2, 0) is 9.53 Å². The number of nitrogens with two attached hydrogens (primary N) is 1. The van der Waals surface area contributed by atoms with E-state index in [1.54, 1.807) is 7.11 Å². The van der Waals surface area contributed by atoms with Gasteiger partial charge in [-0.2, -0.15) is 0 Å². The van der Waals surface area contributed by atoms with Gasteiger partial charge in [-0.1, -0.05) is 18.6 Å². The van der Waals surface area contributed by atoms with Gasteiger partial charge in [-0.05, 0) is 19.8 Å². The Morgan fingerprint density at radius 2 is 2.27 bits per heavy atom. The fourth-order valence-electron chi connectivity index (χ4n) is 1.77. The molecule has 1 rings (SSSR count). The topological polar surface area (TPSA) is 64.3 Å². The summed E-state index contributed by atoms with van der Waals surface area (Å²) in [6.07, 6.45) is 2.56. The molecule has 5 heteroatoms. The maximum atomic E-state index is 11.9. The smallest absolute Gasteiger partial charge is 0.233 e. The quantitative estimate of drug-likeness (QED) is 0.679. The van der Waals surface area contributed by atoms with Crippen LogP contribution >= 0.6 is 12.2 Å². The van der Waals surface area contributed by atoms with E-state index in [9.17, 15) is 4.79 Å². The minimum Gasteiger partial charge on any atom is -0.392 e. The molecule has 1 unspecified atom stereocenters. The van der Waals surface area contributed by atoms with E-state index in [0.717, 1.165) is 19.3 Å². The van der Waals surface area contributed by atoms with Gasteiger partial charge in [0.2, 0.25) is 5.91 Å². The highest BCUT2D eigenvalue weighted by molar-refractivity contribution is 7.80. The minimum absolute atomic E-state index is 0.00525. The molecule has 0 aromatic rings. The predicted molar refractivity (Wildman–Crippen MR) is 62.6 cm³/mol. The first kappa shape index (κ1) is 12.4. The van der Waals surface area contributed by atoms with Gasteiger partial charge in [-0.25, -0.2) is 0 Å². The van der Waals surface area contributed by atoms with Crippen LogP contribution < -0.4 is 11.1 Å². The van der Waals surface area contributed by atoms with Gasteiger partial charge in [0.15, 0.2) is 0 Å². The van der Waals surface area contributed by atoms with Crippen LogP contribution in [0.1, 0.15) is 26.2 Å². The highest BCUT2D eigenvalue weighted by Crippen LogP contribution is 2.41. The molecule has 1 aliphatic rings. The summed E-state index contributed by atoms with van der Waals surface area (Å²) in [6.45, 7) is 2.40. The number of thiocarbonyl (C=S) groups is 1. The second kappa shape index (κ2) is 4.90. The fourth-order valence-corrected chi connectivity index (χ4v) is 2.07. The lowest BCUT2D eigenvalue weighted by Crippen LogP contribution is -2.55. The van der Waals surface area contributed by atoms with Crippen molar-refractivity contribution in [2.75, 3.05) is 13.7 Å². The Bertz CT molecular complexity index is 264. The van der Waals surface area contributed by atoms with Gasteiger partial charge >= 0.3 is 0 Å². The Hall–Kier alpha value is -0.680. The second-order valence-corrected chi connectivity index (χ2v) is 4.57. The molecule has 0 aromatic heterocycles. The van der Waals surface area contributed by atoms with Crippen LogP contribution in [0.3, 0.4) is 0 Å². The zero-order valence-electron chi connectivity index (χ0n) is 9.21. The number of hydrogen-bond acceptors (Lipinski definition) is 3. The summed E-state index contributed by atoms with van der Waals surface area (Å²) in [5.74, 6) is -0.0502. The van der Waals surface area contributed by atoms with Gasteiger partial charge in [0.1, 0.15) is 0 Å². The van der Waals surface area contributed by atoms with Gasteiger partial charge in [0.25, 0.3) is 0 Å². The van der Waals surface area contributed by atoms with E-state index in [-0.39, 0.29) is 11.9 Å². The molecule has 0 saturated heterocycles. The Morgan fingerprint density at radius 3 is 2.60 bits per heavy atom. The van der Waals surface area contributed by atoms with Crippen LogP contribution in [0.5, 0.6) is 0 Å². The van der Waals surface area contributed by atoms with Crippen molar-refractivity contribution in [2.24, 2.45) is 11.1 Å². The normalized spacial score (nSPS) is 20.1. The van der Waals surface area contributed by atoms with Gasteiger partial charge in [-0.3, -0.25) is 4.79 Å².